The van der Waals surface area contributed by atoms with E-state index in [1.807, 2.05) is 6.92 Å². The Hall–Kier alpha value is -0.870. The first-order chi connectivity index (χ1) is 7.22. The highest BCUT2D eigenvalue weighted by atomic mass is 35.5. The lowest BCUT2D eigenvalue weighted by Gasteiger charge is -2.11. The van der Waals surface area contributed by atoms with E-state index in [1.54, 1.807) is 7.11 Å². The van der Waals surface area contributed by atoms with Gasteiger partial charge in [-0.3, -0.25) is 0 Å². The molecule has 1 atom stereocenters. The Bertz CT molecular complexity index is 341. The highest BCUT2D eigenvalue weighted by Gasteiger charge is 2.22. The topological polar surface area (TPSA) is 44.2 Å². The zero-order valence-corrected chi connectivity index (χ0v) is 9.54. The van der Waals surface area contributed by atoms with Crippen LogP contribution in [0.1, 0.15) is 30.5 Å². The van der Waals surface area contributed by atoms with Crippen LogP contribution < -0.4 is 4.74 Å². The zero-order chi connectivity index (χ0) is 10.8. The van der Waals surface area contributed by atoms with Crippen molar-refractivity contribution in [3.63, 3.8) is 0 Å². The molecule has 0 N–H and O–H groups in total. The van der Waals surface area contributed by atoms with E-state index in [0.717, 1.165) is 25.1 Å². The Morgan fingerprint density at radius 3 is 2.80 bits per heavy atom. The van der Waals surface area contributed by atoms with Crippen molar-refractivity contribution in [1.29, 1.82) is 0 Å². The van der Waals surface area contributed by atoms with Crippen molar-refractivity contribution < 1.29 is 9.47 Å². The average Bonchev–Trinajstić information content (AvgIpc) is 2.69. The van der Waals surface area contributed by atoms with Crippen molar-refractivity contribution in [2.24, 2.45) is 0 Å². The van der Waals surface area contributed by atoms with E-state index in [-0.39, 0.29) is 6.10 Å². The van der Waals surface area contributed by atoms with Gasteiger partial charge in [-0.1, -0.05) is 11.6 Å². The fourth-order valence-corrected chi connectivity index (χ4v) is 2.01. The van der Waals surface area contributed by atoms with Crippen LogP contribution in [0.25, 0.3) is 0 Å². The first-order valence-electron chi connectivity index (χ1n) is 4.92. The molecule has 0 spiro atoms. The summed E-state index contributed by atoms with van der Waals surface area (Å²) in [5.74, 6) is 1.20. The molecule has 0 saturated carbocycles. The van der Waals surface area contributed by atoms with Gasteiger partial charge in [0.1, 0.15) is 6.10 Å². The molecule has 0 bridgehead atoms. The van der Waals surface area contributed by atoms with Crippen LogP contribution in [0.5, 0.6) is 5.75 Å². The second-order valence-electron chi connectivity index (χ2n) is 3.49. The molecular formula is C10H13ClN2O2. The van der Waals surface area contributed by atoms with Crippen molar-refractivity contribution >= 4 is 11.6 Å². The normalized spacial score (nSPS) is 20.6. The summed E-state index contributed by atoms with van der Waals surface area (Å²) in [6, 6.07) is 0. The first-order valence-corrected chi connectivity index (χ1v) is 5.30. The maximum absolute atomic E-state index is 5.98. The molecule has 1 aliphatic rings. The summed E-state index contributed by atoms with van der Waals surface area (Å²) in [5.41, 5.74) is 0.753. The number of nitrogens with zero attached hydrogens (tertiary/aromatic N) is 2. The first kappa shape index (κ1) is 10.6. The third kappa shape index (κ3) is 2.06. The molecule has 5 heteroatoms. The van der Waals surface area contributed by atoms with E-state index < -0.39 is 0 Å². The summed E-state index contributed by atoms with van der Waals surface area (Å²) < 4.78 is 10.6. The van der Waals surface area contributed by atoms with E-state index >= 15 is 0 Å². The third-order valence-corrected chi connectivity index (χ3v) is 2.69. The summed E-state index contributed by atoms with van der Waals surface area (Å²) in [5, 5.41) is 0.357. The van der Waals surface area contributed by atoms with Crippen LogP contribution in [0.15, 0.2) is 0 Å². The fourth-order valence-electron chi connectivity index (χ4n) is 1.71. The minimum Gasteiger partial charge on any atom is -0.492 e. The van der Waals surface area contributed by atoms with Gasteiger partial charge in [-0.2, -0.15) is 0 Å². The predicted octanol–water partition coefficient (Wildman–Crippen LogP) is 2.30. The van der Waals surface area contributed by atoms with Crippen LogP contribution in [0.3, 0.4) is 0 Å². The van der Waals surface area contributed by atoms with E-state index in [2.05, 4.69) is 9.97 Å². The smallest absolute Gasteiger partial charge is 0.177 e. The van der Waals surface area contributed by atoms with Gasteiger partial charge in [0.05, 0.1) is 12.8 Å². The Morgan fingerprint density at radius 2 is 2.27 bits per heavy atom. The maximum Gasteiger partial charge on any atom is 0.177 e. The van der Waals surface area contributed by atoms with Crippen molar-refractivity contribution in [3.8, 4) is 5.75 Å². The van der Waals surface area contributed by atoms with Gasteiger partial charge in [0.15, 0.2) is 16.7 Å². The molecule has 0 aromatic carbocycles. The number of aromatic nitrogens is 2. The van der Waals surface area contributed by atoms with Gasteiger partial charge in [0, 0.05) is 6.61 Å². The second kappa shape index (κ2) is 4.33. The summed E-state index contributed by atoms with van der Waals surface area (Å²) in [7, 11) is 1.56. The largest absolute Gasteiger partial charge is 0.492 e. The van der Waals surface area contributed by atoms with E-state index in [4.69, 9.17) is 21.1 Å². The van der Waals surface area contributed by atoms with E-state index in [0.29, 0.717) is 16.7 Å². The zero-order valence-electron chi connectivity index (χ0n) is 8.79. The van der Waals surface area contributed by atoms with Gasteiger partial charge in [-0.05, 0) is 19.8 Å². The monoisotopic (exact) mass is 228 g/mol. The van der Waals surface area contributed by atoms with Crippen molar-refractivity contribution in [3.05, 3.63) is 16.7 Å². The number of hydrogen-bond donors (Lipinski definition) is 0. The molecule has 0 radical (unpaired) electrons. The second-order valence-corrected chi connectivity index (χ2v) is 3.85. The van der Waals surface area contributed by atoms with E-state index in [9.17, 15) is 0 Å². The van der Waals surface area contributed by atoms with Gasteiger partial charge in [-0.25, -0.2) is 9.97 Å². The average molecular weight is 229 g/mol. The number of aryl methyl sites for hydroxylation is 1. The highest BCUT2D eigenvalue weighted by molar-refractivity contribution is 6.30. The number of halogens is 1. The van der Waals surface area contributed by atoms with Crippen LogP contribution in [0, 0.1) is 6.92 Å². The van der Waals surface area contributed by atoms with Gasteiger partial charge < -0.3 is 9.47 Å². The molecule has 4 nitrogen and oxygen atoms in total. The van der Waals surface area contributed by atoms with Crippen LogP contribution in [-0.4, -0.2) is 23.7 Å². The molecule has 15 heavy (non-hydrogen) atoms. The molecule has 82 valence electrons. The molecule has 1 aliphatic heterocycles. The van der Waals surface area contributed by atoms with Crippen LogP contribution in [0.2, 0.25) is 5.15 Å². The number of hydrogen-bond acceptors (Lipinski definition) is 4. The molecule has 0 aliphatic carbocycles. The summed E-state index contributed by atoms with van der Waals surface area (Å²) >= 11 is 5.98. The van der Waals surface area contributed by atoms with Gasteiger partial charge in [0.2, 0.25) is 0 Å². The molecular weight excluding hydrogens is 216 g/mol. The fraction of sp³-hybridized carbons (Fsp3) is 0.600. The highest BCUT2D eigenvalue weighted by Crippen LogP contribution is 2.31. The summed E-state index contributed by atoms with van der Waals surface area (Å²) in [6.45, 7) is 2.63. The van der Waals surface area contributed by atoms with Crippen molar-refractivity contribution in [2.75, 3.05) is 13.7 Å². The van der Waals surface area contributed by atoms with E-state index in [1.165, 1.54) is 0 Å². The minimum atomic E-state index is -0.00731. The molecule has 1 unspecified atom stereocenters. The lowest BCUT2D eigenvalue weighted by Crippen LogP contribution is -2.06. The van der Waals surface area contributed by atoms with Gasteiger partial charge in [0.25, 0.3) is 0 Å². The summed E-state index contributed by atoms with van der Waals surface area (Å²) in [6.07, 6.45) is 2.01. The predicted molar refractivity (Wildman–Crippen MR) is 56.3 cm³/mol. The minimum absolute atomic E-state index is 0.00731. The Labute approximate surface area is 93.6 Å². The summed E-state index contributed by atoms with van der Waals surface area (Å²) in [4.78, 5) is 8.53. The molecule has 1 saturated heterocycles. The van der Waals surface area contributed by atoms with Crippen LogP contribution in [-0.2, 0) is 4.74 Å². The molecule has 1 aromatic rings. The Morgan fingerprint density at radius 1 is 1.47 bits per heavy atom. The lowest BCUT2D eigenvalue weighted by atomic mass is 10.2. The van der Waals surface area contributed by atoms with Gasteiger partial charge >= 0.3 is 0 Å². The van der Waals surface area contributed by atoms with Gasteiger partial charge in [-0.15, -0.1) is 0 Å². The Kier molecular flexibility index (Phi) is 3.07. The number of methoxy groups -OCH3 is 1. The van der Waals surface area contributed by atoms with Crippen LogP contribution in [0.4, 0.5) is 0 Å². The molecule has 2 rings (SSSR count). The molecule has 1 aromatic heterocycles. The molecule has 1 fully saturated rings. The van der Waals surface area contributed by atoms with Crippen LogP contribution >= 0.6 is 11.6 Å². The van der Waals surface area contributed by atoms with Crippen molar-refractivity contribution in [1.82, 2.24) is 9.97 Å². The SMILES string of the molecule is COc1c(C)nc(C2CCCO2)nc1Cl. The molecule has 2 heterocycles. The quantitative estimate of drug-likeness (QED) is 0.729. The molecule has 0 amide bonds. The lowest BCUT2D eigenvalue weighted by molar-refractivity contribution is 0.104. The maximum atomic E-state index is 5.98. The third-order valence-electron chi connectivity index (χ3n) is 2.43. The number of ether oxygens (including phenoxy) is 2. The number of rotatable bonds is 2. The standard InChI is InChI=1S/C10H13ClN2O2/c1-6-8(14-2)9(11)13-10(12-6)7-4-3-5-15-7/h7H,3-5H2,1-2H3. The Balaban J connectivity index is 2.33. The van der Waals surface area contributed by atoms with Crippen molar-refractivity contribution in [2.45, 2.75) is 25.9 Å².